The summed E-state index contributed by atoms with van der Waals surface area (Å²) in [6.07, 6.45) is 1.21. The van der Waals surface area contributed by atoms with Crippen molar-refractivity contribution in [2.24, 2.45) is 5.92 Å². The van der Waals surface area contributed by atoms with Gasteiger partial charge < -0.3 is 4.74 Å². The van der Waals surface area contributed by atoms with E-state index in [0.717, 1.165) is 0 Å². The number of benzene rings is 1. The second kappa shape index (κ2) is 4.55. The molecule has 2 rings (SSSR count). The molecule has 0 aliphatic heterocycles. The Labute approximate surface area is 98.4 Å². The zero-order chi connectivity index (χ0) is 13.4. The van der Waals surface area contributed by atoms with Crippen LogP contribution in [-0.2, 0) is 16.1 Å². The standard InChI is InChI=1S/C11H7F5O2/c12-6-5(3-18-11(17)4-1-2-4)7(13)9(15)10(16)8(6)14/h4H,1-3H2. The number of carbonyl (C=O) groups excluding carboxylic acids is 1. The highest BCUT2D eigenvalue weighted by Gasteiger charge is 2.32. The molecule has 0 unspecified atom stereocenters. The summed E-state index contributed by atoms with van der Waals surface area (Å²) >= 11 is 0. The summed E-state index contributed by atoms with van der Waals surface area (Å²) in [5.74, 6) is -11.3. The second-order valence-corrected chi connectivity index (χ2v) is 3.93. The van der Waals surface area contributed by atoms with Crippen molar-refractivity contribution in [2.45, 2.75) is 19.4 Å². The van der Waals surface area contributed by atoms with Crippen LogP contribution >= 0.6 is 0 Å². The smallest absolute Gasteiger partial charge is 0.309 e. The van der Waals surface area contributed by atoms with Gasteiger partial charge in [-0.1, -0.05) is 0 Å². The minimum Gasteiger partial charge on any atom is -0.460 e. The summed E-state index contributed by atoms with van der Waals surface area (Å²) in [7, 11) is 0. The van der Waals surface area contributed by atoms with E-state index in [2.05, 4.69) is 4.74 Å². The Hall–Kier alpha value is -1.66. The van der Waals surface area contributed by atoms with Crippen molar-refractivity contribution >= 4 is 5.97 Å². The number of carbonyl (C=O) groups is 1. The lowest BCUT2D eigenvalue weighted by atomic mass is 10.2. The molecule has 0 saturated heterocycles. The monoisotopic (exact) mass is 266 g/mol. The largest absolute Gasteiger partial charge is 0.460 e. The molecule has 0 aromatic heterocycles. The van der Waals surface area contributed by atoms with E-state index in [9.17, 15) is 26.7 Å². The fraction of sp³-hybridized carbons (Fsp3) is 0.364. The second-order valence-electron chi connectivity index (χ2n) is 3.93. The summed E-state index contributed by atoms with van der Waals surface area (Å²) < 4.78 is 69.1. The van der Waals surface area contributed by atoms with Gasteiger partial charge in [-0.05, 0) is 12.8 Å². The van der Waals surface area contributed by atoms with Crippen LogP contribution in [0, 0.1) is 35.0 Å². The summed E-state index contributed by atoms with van der Waals surface area (Å²) in [4.78, 5) is 11.1. The first-order chi connectivity index (χ1) is 8.43. The van der Waals surface area contributed by atoms with Gasteiger partial charge >= 0.3 is 5.97 Å². The molecule has 1 aromatic carbocycles. The van der Waals surface area contributed by atoms with Crippen LogP contribution in [0.5, 0.6) is 0 Å². The lowest BCUT2D eigenvalue weighted by Crippen LogP contribution is -2.12. The number of esters is 1. The Morgan fingerprint density at radius 1 is 0.944 bits per heavy atom. The number of hydrogen-bond acceptors (Lipinski definition) is 2. The molecule has 1 aliphatic rings. The molecule has 1 aromatic rings. The maximum absolute atomic E-state index is 13.2. The number of rotatable bonds is 3. The van der Waals surface area contributed by atoms with E-state index in [4.69, 9.17) is 0 Å². The van der Waals surface area contributed by atoms with Crippen molar-refractivity contribution in [1.29, 1.82) is 0 Å². The van der Waals surface area contributed by atoms with Gasteiger partial charge in [0.15, 0.2) is 23.3 Å². The zero-order valence-corrected chi connectivity index (χ0v) is 8.90. The first-order valence-electron chi connectivity index (χ1n) is 5.10. The minimum absolute atomic E-state index is 0.328. The fourth-order valence-electron chi connectivity index (χ4n) is 1.36. The molecule has 18 heavy (non-hydrogen) atoms. The normalized spacial score (nSPS) is 14.7. The first-order valence-corrected chi connectivity index (χ1v) is 5.10. The quantitative estimate of drug-likeness (QED) is 0.364. The van der Waals surface area contributed by atoms with Crippen LogP contribution in [0.15, 0.2) is 0 Å². The molecule has 7 heteroatoms. The van der Waals surface area contributed by atoms with Crippen LogP contribution in [0.2, 0.25) is 0 Å². The molecule has 1 saturated carbocycles. The molecule has 2 nitrogen and oxygen atoms in total. The van der Waals surface area contributed by atoms with Gasteiger partial charge in [0, 0.05) is 0 Å². The molecule has 0 radical (unpaired) electrons. The molecule has 1 aliphatic carbocycles. The van der Waals surface area contributed by atoms with Gasteiger partial charge in [-0.25, -0.2) is 22.0 Å². The molecule has 0 spiro atoms. The maximum atomic E-state index is 13.2. The van der Waals surface area contributed by atoms with Gasteiger partial charge in [-0.15, -0.1) is 0 Å². The van der Waals surface area contributed by atoms with Crippen LogP contribution in [0.25, 0.3) is 0 Å². The van der Waals surface area contributed by atoms with Crippen molar-refractivity contribution in [3.63, 3.8) is 0 Å². The van der Waals surface area contributed by atoms with Crippen LogP contribution in [0.3, 0.4) is 0 Å². The molecule has 0 N–H and O–H groups in total. The SMILES string of the molecule is O=C(OCc1c(F)c(F)c(F)c(F)c1F)C1CC1. The lowest BCUT2D eigenvalue weighted by molar-refractivity contribution is -0.146. The van der Waals surface area contributed by atoms with E-state index in [1.54, 1.807) is 0 Å². The van der Waals surface area contributed by atoms with E-state index >= 15 is 0 Å². The van der Waals surface area contributed by atoms with Gasteiger partial charge in [-0.2, -0.15) is 0 Å². The molecule has 98 valence electrons. The highest BCUT2D eigenvalue weighted by atomic mass is 19.2. The molecule has 0 bridgehead atoms. The van der Waals surface area contributed by atoms with Crippen LogP contribution in [0.1, 0.15) is 18.4 Å². The topological polar surface area (TPSA) is 26.3 Å². The number of hydrogen-bond donors (Lipinski definition) is 0. The molecule has 1 fully saturated rings. The molecule has 0 atom stereocenters. The summed E-state index contributed by atoms with van der Waals surface area (Å²) in [5, 5.41) is 0. The zero-order valence-electron chi connectivity index (χ0n) is 8.90. The van der Waals surface area contributed by atoms with Gasteiger partial charge in [0.05, 0.1) is 11.5 Å². The van der Waals surface area contributed by atoms with E-state index in [1.807, 2.05) is 0 Å². The Morgan fingerprint density at radius 3 is 1.83 bits per heavy atom. The van der Waals surface area contributed by atoms with Crippen molar-refractivity contribution in [1.82, 2.24) is 0 Å². The average molecular weight is 266 g/mol. The van der Waals surface area contributed by atoms with E-state index in [1.165, 1.54) is 0 Å². The van der Waals surface area contributed by atoms with Crippen molar-refractivity contribution in [2.75, 3.05) is 0 Å². The molecular formula is C11H7F5O2. The Kier molecular flexibility index (Phi) is 3.23. The highest BCUT2D eigenvalue weighted by molar-refractivity contribution is 5.74. The number of halogens is 5. The van der Waals surface area contributed by atoms with Crippen molar-refractivity contribution < 1.29 is 31.5 Å². The van der Waals surface area contributed by atoms with Gasteiger partial charge in [0.25, 0.3) is 0 Å². The minimum atomic E-state index is -2.23. The first kappa shape index (κ1) is 12.8. The van der Waals surface area contributed by atoms with Gasteiger partial charge in [0.2, 0.25) is 5.82 Å². The average Bonchev–Trinajstić information content (AvgIpc) is 3.18. The molecular weight excluding hydrogens is 259 g/mol. The Morgan fingerprint density at radius 2 is 1.39 bits per heavy atom. The fourth-order valence-corrected chi connectivity index (χ4v) is 1.36. The third kappa shape index (κ3) is 2.16. The third-order valence-electron chi connectivity index (χ3n) is 2.57. The van der Waals surface area contributed by atoms with Crippen LogP contribution in [0.4, 0.5) is 22.0 Å². The van der Waals surface area contributed by atoms with E-state index in [0.29, 0.717) is 12.8 Å². The van der Waals surface area contributed by atoms with Gasteiger partial charge in [0.1, 0.15) is 6.61 Å². The van der Waals surface area contributed by atoms with Crippen molar-refractivity contribution in [3.8, 4) is 0 Å². The van der Waals surface area contributed by atoms with Crippen molar-refractivity contribution in [3.05, 3.63) is 34.6 Å². The van der Waals surface area contributed by atoms with Crippen LogP contribution < -0.4 is 0 Å². The summed E-state index contributed by atoms with van der Waals surface area (Å²) in [6, 6.07) is 0. The van der Waals surface area contributed by atoms with E-state index < -0.39 is 47.2 Å². The third-order valence-corrected chi connectivity index (χ3v) is 2.57. The highest BCUT2D eigenvalue weighted by Crippen LogP contribution is 2.31. The molecule has 0 heterocycles. The predicted octanol–water partition coefficient (Wildman–Crippen LogP) is 2.84. The number of ether oxygens (including phenoxy) is 1. The molecule has 0 amide bonds. The lowest BCUT2D eigenvalue weighted by Gasteiger charge is -2.08. The summed E-state index contributed by atoms with van der Waals surface area (Å²) in [5.41, 5.74) is -1.14. The van der Waals surface area contributed by atoms with E-state index in [-0.39, 0.29) is 5.92 Å². The summed E-state index contributed by atoms with van der Waals surface area (Å²) in [6.45, 7) is -0.971. The predicted molar refractivity (Wildman–Crippen MR) is 48.8 cm³/mol. The maximum Gasteiger partial charge on any atom is 0.309 e. The van der Waals surface area contributed by atoms with Gasteiger partial charge in [-0.3, -0.25) is 4.79 Å². The van der Waals surface area contributed by atoms with Crippen LogP contribution in [-0.4, -0.2) is 5.97 Å². The Bertz CT molecular complexity index is 482. The Balaban J connectivity index is 2.23.